The highest BCUT2D eigenvalue weighted by atomic mass is 16.5. The molecule has 1 fully saturated rings. The number of hydrogen-bond acceptors (Lipinski definition) is 4. The van der Waals surface area contributed by atoms with E-state index in [4.69, 9.17) is 9.47 Å². The highest BCUT2D eigenvalue weighted by molar-refractivity contribution is 6.12. The van der Waals surface area contributed by atoms with Gasteiger partial charge in [-0.2, -0.15) is 0 Å². The lowest BCUT2D eigenvalue weighted by molar-refractivity contribution is 0.229. The molecule has 4 nitrogen and oxygen atoms in total. The van der Waals surface area contributed by atoms with Gasteiger partial charge in [0.15, 0.2) is 11.5 Å². The SMILES string of the molecule is CCNc1ccc2c3c(c4cc(OC)c(OC)cc4c2c1)CN1CCC[C@H]1C3. The molecule has 1 N–H and O–H groups in total. The molecule has 3 aromatic rings. The topological polar surface area (TPSA) is 33.7 Å². The van der Waals surface area contributed by atoms with Crippen molar-refractivity contribution in [3.05, 3.63) is 41.5 Å². The van der Waals surface area contributed by atoms with Gasteiger partial charge in [-0.1, -0.05) is 6.07 Å². The predicted octanol–water partition coefficient (Wildman–Crippen LogP) is 4.96. The molecule has 0 unspecified atom stereocenters. The molecule has 2 aliphatic rings. The summed E-state index contributed by atoms with van der Waals surface area (Å²) in [5, 5.41) is 8.72. The molecule has 0 saturated carbocycles. The highest BCUT2D eigenvalue weighted by Crippen LogP contribution is 2.44. The number of methoxy groups -OCH3 is 2. The second-order valence-electron chi connectivity index (χ2n) is 7.97. The van der Waals surface area contributed by atoms with E-state index >= 15 is 0 Å². The van der Waals surface area contributed by atoms with Crippen LogP contribution in [0.1, 0.15) is 30.9 Å². The molecule has 5 rings (SSSR count). The Hall–Kier alpha value is -2.46. The van der Waals surface area contributed by atoms with Crippen molar-refractivity contribution in [2.24, 2.45) is 0 Å². The number of fused-ring (bicyclic) bond motifs is 7. The van der Waals surface area contributed by atoms with Crippen LogP contribution in [0.15, 0.2) is 30.3 Å². The normalized spacial score (nSPS) is 18.9. The minimum Gasteiger partial charge on any atom is -0.493 e. The van der Waals surface area contributed by atoms with Crippen molar-refractivity contribution in [3.63, 3.8) is 0 Å². The van der Waals surface area contributed by atoms with Crippen LogP contribution in [0.4, 0.5) is 5.69 Å². The van der Waals surface area contributed by atoms with Crippen LogP contribution < -0.4 is 14.8 Å². The van der Waals surface area contributed by atoms with E-state index in [1.165, 1.54) is 57.7 Å². The lowest BCUT2D eigenvalue weighted by Gasteiger charge is -2.33. The van der Waals surface area contributed by atoms with E-state index in [0.717, 1.165) is 31.0 Å². The second-order valence-corrected chi connectivity index (χ2v) is 7.97. The largest absolute Gasteiger partial charge is 0.493 e. The Bertz CT molecular complexity index is 1060. The summed E-state index contributed by atoms with van der Waals surface area (Å²) in [6.45, 7) is 5.31. The van der Waals surface area contributed by atoms with Gasteiger partial charge in [0.2, 0.25) is 0 Å². The van der Waals surface area contributed by atoms with Crippen LogP contribution in [-0.4, -0.2) is 38.3 Å². The van der Waals surface area contributed by atoms with E-state index in [-0.39, 0.29) is 0 Å². The molecular weight excluding hydrogens is 348 g/mol. The quantitative estimate of drug-likeness (QED) is 0.653. The maximum absolute atomic E-state index is 5.65. The van der Waals surface area contributed by atoms with E-state index in [0.29, 0.717) is 6.04 Å². The third-order valence-corrected chi connectivity index (χ3v) is 6.53. The van der Waals surface area contributed by atoms with Crippen LogP contribution >= 0.6 is 0 Å². The summed E-state index contributed by atoms with van der Waals surface area (Å²) in [5.41, 5.74) is 4.17. The van der Waals surface area contributed by atoms with E-state index in [9.17, 15) is 0 Å². The second kappa shape index (κ2) is 6.85. The molecule has 146 valence electrons. The van der Waals surface area contributed by atoms with Crippen LogP contribution in [0.25, 0.3) is 21.5 Å². The average molecular weight is 377 g/mol. The summed E-state index contributed by atoms with van der Waals surface area (Å²) in [5.74, 6) is 1.60. The van der Waals surface area contributed by atoms with E-state index in [2.05, 4.69) is 47.5 Å². The van der Waals surface area contributed by atoms with E-state index in [1.54, 1.807) is 14.2 Å². The number of nitrogens with zero attached hydrogens (tertiary/aromatic N) is 1. The molecule has 0 aliphatic carbocycles. The Morgan fingerprint density at radius 2 is 1.71 bits per heavy atom. The fourth-order valence-electron chi connectivity index (χ4n) is 5.21. The third-order valence-electron chi connectivity index (χ3n) is 6.53. The summed E-state index contributed by atoms with van der Waals surface area (Å²) < 4.78 is 11.3. The zero-order valence-corrected chi connectivity index (χ0v) is 17.0. The first-order chi connectivity index (χ1) is 13.7. The van der Waals surface area contributed by atoms with Gasteiger partial charge in [0.05, 0.1) is 14.2 Å². The van der Waals surface area contributed by atoms with Crippen molar-refractivity contribution in [1.29, 1.82) is 0 Å². The zero-order chi connectivity index (χ0) is 19.3. The van der Waals surface area contributed by atoms with Gasteiger partial charge in [-0.15, -0.1) is 0 Å². The van der Waals surface area contributed by atoms with Crippen LogP contribution in [-0.2, 0) is 13.0 Å². The van der Waals surface area contributed by atoms with Crippen LogP contribution in [0.2, 0.25) is 0 Å². The van der Waals surface area contributed by atoms with Gasteiger partial charge in [-0.3, -0.25) is 4.90 Å². The molecule has 3 aromatic carbocycles. The molecule has 2 heterocycles. The van der Waals surface area contributed by atoms with Gasteiger partial charge < -0.3 is 14.8 Å². The van der Waals surface area contributed by atoms with Gasteiger partial charge in [-0.25, -0.2) is 0 Å². The van der Waals surface area contributed by atoms with Gasteiger partial charge in [0.25, 0.3) is 0 Å². The summed E-state index contributed by atoms with van der Waals surface area (Å²) in [6.07, 6.45) is 3.79. The average Bonchev–Trinajstić information content (AvgIpc) is 3.19. The molecule has 0 aromatic heterocycles. The molecular formula is C24H28N2O2. The molecule has 1 saturated heterocycles. The number of hydrogen-bond donors (Lipinski definition) is 1. The van der Waals surface area contributed by atoms with Crippen LogP contribution in [0, 0.1) is 0 Å². The Morgan fingerprint density at radius 1 is 0.964 bits per heavy atom. The minimum atomic E-state index is 0.696. The van der Waals surface area contributed by atoms with Crippen molar-refractivity contribution in [2.45, 2.75) is 38.8 Å². The maximum Gasteiger partial charge on any atom is 0.161 e. The Balaban J connectivity index is 1.85. The molecule has 0 bridgehead atoms. The number of nitrogens with one attached hydrogen (secondary N) is 1. The highest BCUT2D eigenvalue weighted by Gasteiger charge is 2.32. The third kappa shape index (κ3) is 2.62. The first kappa shape index (κ1) is 17.6. The zero-order valence-electron chi connectivity index (χ0n) is 17.0. The summed E-state index contributed by atoms with van der Waals surface area (Å²) >= 11 is 0. The molecule has 2 aliphatic heterocycles. The van der Waals surface area contributed by atoms with Gasteiger partial charge in [0.1, 0.15) is 0 Å². The number of anilines is 1. The van der Waals surface area contributed by atoms with E-state index < -0.39 is 0 Å². The fourth-order valence-corrected chi connectivity index (χ4v) is 5.21. The predicted molar refractivity (Wildman–Crippen MR) is 116 cm³/mol. The lowest BCUT2D eigenvalue weighted by atomic mass is 9.85. The standard InChI is InChI=1S/C24H28N2O2/c1-4-25-15-7-8-17-18(10-15)20-12-23(27-2)24(28-3)13-21(20)22-14-26-9-5-6-16(26)11-19(17)22/h7-8,10,12-13,16,25H,4-6,9,11,14H2,1-3H3/t16-/m0/s1. The number of benzene rings is 3. The molecule has 28 heavy (non-hydrogen) atoms. The number of ether oxygens (including phenoxy) is 2. The summed E-state index contributed by atoms with van der Waals surface area (Å²) in [6, 6.07) is 11.9. The maximum atomic E-state index is 5.65. The van der Waals surface area contributed by atoms with Gasteiger partial charge in [-0.05, 0) is 89.7 Å². The van der Waals surface area contributed by atoms with Crippen LogP contribution in [0.3, 0.4) is 0 Å². The number of rotatable bonds is 4. The Labute approximate surface area is 166 Å². The first-order valence-electron chi connectivity index (χ1n) is 10.3. The first-order valence-corrected chi connectivity index (χ1v) is 10.3. The molecule has 0 spiro atoms. The monoisotopic (exact) mass is 376 g/mol. The summed E-state index contributed by atoms with van der Waals surface area (Å²) in [4.78, 5) is 2.66. The molecule has 4 heteroatoms. The van der Waals surface area contributed by atoms with Crippen molar-refractivity contribution in [2.75, 3.05) is 32.6 Å². The smallest absolute Gasteiger partial charge is 0.161 e. The lowest BCUT2D eigenvalue weighted by Crippen LogP contribution is -2.35. The van der Waals surface area contributed by atoms with Crippen molar-refractivity contribution in [3.8, 4) is 11.5 Å². The summed E-state index contributed by atoms with van der Waals surface area (Å²) in [7, 11) is 3.43. The van der Waals surface area contributed by atoms with Gasteiger partial charge in [0, 0.05) is 24.8 Å². The molecule has 0 amide bonds. The Kier molecular flexibility index (Phi) is 4.31. The van der Waals surface area contributed by atoms with Crippen molar-refractivity contribution < 1.29 is 9.47 Å². The minimum absolute atomic E-state index is 0.696. The van der Waals surface area contributed by atoms with Crippen molar-refractivity contribution in [1.82, 2.24) is 4.90 Å². The van der Waals surface area contributed by atoms with Crippen molar-refractivity contribution >= 4 is 27.2 Å². The Morgan fingerprint density at radius 3 is 2.46 bits per heavy atom. The molecule has 0 radical (unpaired) electrons. The van der Waals surface area contributed by atoms with E-state index in [1.807, 2.05) is 0 Å². The van der Waals surface area contributed by atoms with Gasteiger partial charge >= 0.3 is 0 Å². The molecule has 1 atom stereocenters. The fraction of sp³-hybridized carbons (Fsp3) is 0.417. The van der Waals surface area contributed by atoms with Crippen LogP contribution in [0.5, 0.6) is 11.5 Å².